The second kappa shape index (κ2) is 6.01. The Morgan fingerprint density at radius 1 is 1.29 bits per heavy atom. The van der Waals surface area contributed by atoms with Gasteiger partial charge in [-0.2, -0.15) is 0 Å². The van der Waals surface area contributed by atoms with E-state index in [1.54, 1.807) is 12.1 Å². The van der Waals surface area contributed by atoms with E-state index in [0.29, 0.717) is 23.5 Å². The Labute approximate surface area is 138 Å². The third-order valence-electron chi connectivity index (χ3n) is 4.59. The van der Waals surface area contributed by atoms with E-state index in [4.69, 9.17) is 4.42 Å². The number of H-pyrrole nitrogens is 1. The first-order valence-corrected chi connectivity index (χ1v) is 8.10. The highest BCUT2D eigenvalue weighted by molar-refractivity contribution is 6.02. The molecule has 0 unspecified atom stereocenters. The van der Waals surface area contributed by atoms with Crippen molar-refractivity contribution in [1.29, 1.82) is 0 Å². The number of furan rings is 1. The Morgan fingerprint density at radius 2 is 2.08 bits per heavy atom. The molecule has 0 bridgehead atoms. The number of nitrogens with one attached hydrogen (secondary N) is 1. The number of rotatable bonds is 3. The molecule has 1 saturated heterocycles. The fourth-order valence-electron chi connectivity index (χ4n) is 3.14. The highest BCUT2D eigenvalue weighted by atomic mass is 16.3. The summed E-state index contributed by atoms with van der Waals surface area (Å²) in [4.78, 5) is 24.4. The zero-order valence-electron chi connectivity index (χ0n) is 13.6. The Balaban J connectivity index is 1.74. The minimum atomic E-state index is -0.258. The number of aromatic amines is 1. The molecule has 0 atom stereocenters. The van der Waals surface area contributed by atoms with Gasteiger partial charge in [-0.1, -0.05) is 6.07 Å². The van der Waals surface area contributed by atoms with Gasteiger partial charge in [0.15, 0.2) is 0 Å². The summed E-state index contributed by atoms with van der Waals surface area (Å²) in [6.45, 7) is 4.51. The van der Waals surface area contributed by atoms with Crippen LogP contribution < -0.4 is 5.56 Å². The first-order valence-electron chi connectivity index (χ1n) is 8.10. The summed E-state index contributed by atoms with van der Waals surface area (Å²) in [5.41, 5.74) is 1.92. The first-order chi connectivity index (χ1) is 11.6. The number of nitrogens with zero attached hydrogens (tertiary/aromatic N) is 3. The summed E-state index contributed by atoms with van der Waals surface area (Å²) in [6, 6.07) is 5.37. The molecule has 0 aliphatic carbocycles. The van der Waals surface area contributed by atoms with Crippen molar-refractivity contribution in [3.63, 3.8) is 0 Å². The van der Waals surface area contributed by atoms with Gasteiger partial charge in [0.05, 0.1) is 13.2 Å². The van der Waals surface area contributed by atoms with E-state index < -0.39 is 0 Å². The van der Waals surface area contributed by atoms with Crippen molar-refractivity contribution in [2.24, 2.45) is 0 Å². The molecular weight excluding hydrogens is 308 g/mol. The maximum atomic E-state index is 12.4. The number of likely N-dealkylation sites (N-methyl/N-ethyl adjacent to an activating group) is 1. The normalized spacial score (nSPS) is 17.1. The molecule has 1 aliphatic heterocycles. The van der Waals surface area contributed by atoms with E-state index in [-0.39, 0.29) is 17.7 Å². The number of aliphatic hydroxyl groups is 1. The summed E-state index contributed by atoms with van der Waals surface area (Å²) in [6.07, 6.45) is 0. The third-order valence-corrected chi connectivity index (χ3v) is 4.59. The lowest BCUT2D eigenvalue weighted by Gasteiger charge is -2.31. The van der Waals surface area contributed by atoms with Crippen molar-refractivity contribution < 1.29 is 9.52 Å². The molecule has 3 heterocycles. The molecule has 0 saturated carbocycles. The quantitative estimate of drug-likeness (QED) is 0.743. The van der Waals surface area contributed by atoms with E-state index in [2.05, 4.69) is 26.8 Å². The summed E-state index contributed by atoms with van der Waals surface area (Å²) < 4.78 is 5.63. The lowest BCUT2D eigenvalue weighted by atomic mass is 10.1. The Morgan fingerprint density at radius 3 is 2.83 bits per heavy atom. The minimum absolute atomic E-state index is 0.0556. The average molecular weight is 328 g/mol. The molecule has 7 heteroatoms. The minimum Gasteiger partial charge on any atom is -0.449 e. The monoisotopic (exact) mass is 328 g/mol. The maximum absolute atomic E-state index is 12.4. The van der Waals surface area contributed by atoms with Gasteiger partial charge in [0.1, 0.15) is 16.9 Å². The van der Waals surface area contributed by atoms with Gasteiger partial charge < -0.3 is 19.4 Å². The molecule has 2 N–H and O–H groups in total. The average Bonchev–Trinajstić information content (AvgIpc) is 2.95. The number of benzene rings is 1. The maximum Gasteiger partial charge on any atom is 0.294 e. The molecule has 126 valence electrons. The lowest BCUT2D eigenvalue weighted by Crippen LogP contribution is -2.44. The Hall–Kier alpha value is -2.22. The highest BCUT2D eigenvalue weighted by Gasteiger charge is 2.18. The Bertz CT molecular complexity index is 938. The summed E-state index contributed by atoms with van der Waals surface area (Å²) >= 11 is 0. The first kappa shape index (κ1) is 15.3. The third kappa shape index (κ3) is 2.71. The van der Waals surface area contributed by atoms with Crippen molar-refractivity contribution in [3.8, 4) is 0 Å². The van der Waals surface area contributed by atoms with Crippen molar-refractivity contribution in [1.82, 2.24) is 19.8 Å². The molecule has 1 aliphatic rings. The standard InChI is InChI=1S/C17H20N4O3/c1-20-4-6-21(7-5-20)9-14-18-15-12-8-11(10-22)2-3-13(12)24-16(15)17(23)19-14/h2-3,8,22H,4-7,9-10H2,1H3,(H,18,19,23). The topological polar surface area (TPSA) is 85.6 Å². The van der Waals surface area contributed by atoms with Gasteiger partial charge in [-0.25, -0.2) is 4.98 Å². The predicted molar refractivity (Wildman–Crippen MR) is 90.8 cm³/mol. The van der Waals surface area contributed by atoms with Crippen LogP contribution in [0, 0.1) is 0 Å². The fraction of sp³-hybridized carbons (Fsp3) is 0.412. The summed E-state index contributed by atoms with van der Waals surface area (Å²) in [5, 5.41) is 10.1. The van der Waals surface area contributed by atoms with Crippen LogP contribution in [0.4, 0.5) is 0 Å². The largest absolute Gasteiger partial charge is 0.449 e. The molecule has 7 nitrogen and oxygen atoms in total. The van der Waals surface area contributed by atoms with Gasteiger partial charge in [0.2, 0.25) is 5.58 Å². The molecule has 0 spiro atoms. The number of fused-ring (bicyclic) bond motifs is 3. The van der Waals surface area contributed by atoms with Crippen LogP contribution in [0.3, 0.4) is 0 Å². The molecule has 3 aromatic rings. The van der Waals surface area contributed by atoms with E-state index in [9.17, 15) is 9.90 Å². The van der Waals surface area contributed by atoms with Crippen LogP contribution in [0.25, 0.3) is 22.1 Å². The number of aromatic nitrogens is 2. The van der Waals surface area contributed by atoms with E-state index >= 15 is 0 Å². The number of hydrogen-bond donors (Lipinski definition) is 2. The van der Waals surface area contributed by atoms with Gasteiger partial charge in [0.25, 0.3) is 5.56 Å². The van der Waals surface area contributed by atoms with Crippen molar-refractivity contribution >= 4 is 22.1 Å². The van der Waals surface area contributed by atoms with Crippen molar-refractivity contribution in [2.75, 3.05) is 33.2 Å². The molecule has 0 amide bonds. The van der Waals surface area contributed by atoms with Crippen LogP contribution in [0.2, 0.25) is 0 Å². The second-order valence-corrected chi connectivity index (χ2v) is 6.36. The number of piperazine rings is 1. The second-order valence-electron chi connectivity index (χ2n) is 6.36. The molecule has 1 fully saturated rings. The number of aliphatic hydroxyl groups excluding tert-OH is 1. The van der Waals surface area contributed by atoms with Crippen LogP contribution in [0.5, 0.6) is 0 Å². The molecule has 24 heavy (non-hydrogen) atoms. The molecule has 2 aromatic heterocycles. The molecular formula is C17H20N4O3. The molecule has 1 aromatic carbocycles. The summed E-state index contributed by atoms with van der Waals surface area (Å²) in [7, 11) is 2.11. The fourth-order valence-corrected chi connectivity index (χ4v) is 3.14. The zero-order chi connectivity index (χ0) is 16.7. The van der Waals surface area contributed by atoms with Gasteiger partial charge in [-0.3, -0.25) is 9.69 Å². The van der Waals surface area contributed by atoms with Gasteiger partial charge in [-0.05, 0) is 24.7 Å². The smallest absolute Gasteiger partial charge is 0.294 e. The van der Waals surface area contributed by atoms with Crippen LogP contribution >= 0.6 is 0 Å². The molecule has 4 rings (SSSR count). The van der Waals surface area contributed by atoms with E-state index in [0.717, 1.165) is 37.1 Å². The van der Waals surface area contributed by atoms with E-state index in [1.807, 2.05) is 6.07 Å². The van der Waals surface area contributed by atoms with Gasteiger partial charge >= 0.3 is 0 Å². The Kier molecular flexibility index (Phi) is 3.84. The predicted octanol–water partition coefficient (Wildman–Crippen LogP) is 0.909. The zero-order valence-corrected chi connectivity index (χ0v) is 13.6. The van der Waals surface area contributed by atoms with Gasteiger partial charge in [-0.15, -0.1) is 0 Å². The summed E-state index contributed by atoms with van der Waals surface area (Å²) in [5.74, 6) is 0.647. The van der Waals surface area contributed by atoms with E-state index in [1.165, 1.54) is 0 Å². The number of hydrogen-bond acceptors (Lipinski definition) is 6. The molecule has 0 radical (unpaired) electrons. The van der Waals surface area contributed by atoms with Crippen LogP contribution in [0.15, 0.2) is 27.4 Å². The SMILES string of the molecule is CN1CCN(Cc2nc3c(oc4ccc(CO)cc43)c(=O)[nH]2)CC1. The van der Waals surface area contributed by atoms with Crippen LogP contribution in [0.1, 0.15) is 11.4 Å². The van der Waals surface area contributed by atoms with Crippen molar-refractivity contribution in [2.45, 2.75) is 13.2 Å². The van der Waals surface area contributed by atoms with Crippen LogP contribution in [-0.2, 0) is 13.2 Å². The van der Waals surface area contributed by atoms with Gasteiger partial charge in [0, 0.05) is 31.6 Å². The highest BCUT2D eigenvalue weighted by Crippen LogP contribution is 2.26. The van der Waals surface area contributed by atoms with Crippen molar-refractivity contribution in [3.05, 3.63) is 39.9 Å². The van der Waals surface area contributed by atoms with Crippen LogP contribution in [-0.4, -0.2) is 58.1 Å². The lowest BCUT2D eigenvalue weighted by molar-refractivity contribution is 0.145.